The van der Waals surface area contributed by atoms with Gasteiger partial charge in [0.15, 0.2) is 0 Å². The number of anilines is 1. The zero-order chi connectivity index (χ0) is 16.4. The van der Waals surface area contributed by atoms with Gasteiger partial charge in [-0.2, -0.15) is 5.10 Å². The number of hydrogen-bond donors (Lipinski definition) is 1. The maximum Gasteiger partial charge on any atom is 0.0650 e. The fourth-order valence-electron chi connectivity index (χ4n) is 2.79. The number of rotatable bonds is 4. The van der Waals surface area contributed by atoms with Gasteiger partial charge in [-0.25, -0.2) is 4.68 Å². The smallest absolute Gasteiger partial charge is 0.0650 e. The maximum absolute atomic E-state index is 4.70. The molecule has 3 rings (SSSR count). The Morgan fingerprint density at radius 1 is 0.913 bits per heavy atom. The van der Waals surface area contributed by atoms with E-state index in [9.17, 15) is 0 Å². The van der Waals surface area contributed by atoms with Gasteiger partial charge >= 0.3 is 0 Å². The van der Waals surface area contributed by atoms with Crippen molar-refractivity contribution in [3.8, 4) is 5.69 Å². The zero-order valence-electron chi connectivity index (χ0n) is 14.2. The summed E-state index contributed by atoms with van der Waals surface area (Å²) in [6.45, 7) is 9.27. The van der Waals surface area contributed by atoms with Crippen molar-refractivity contribution in [2.75, 3.05) is 5.32 Å². The van der Waals surface area contributed by atoms with Crippen LogP contribution in [0.5, 0.6) is 0 Å². The summed E-state index contributed by atoms with van der Waals surface area (Å²) in [5, 5.41) is 8.22. The molecule has 0 aliphatic heterocycles. The molecule has 0 amide bonds. The first-order valence-electron chi connectivity index (χ1n) is 7.98. The summed E-state index contributed by atoms with van der Waals surface area (Å²) in [6, 6.07) is 16.8. The number of aryl methyl sites for hydroxylation is 3. The van der Waals surface area contributed by atoms with E-state index in [0.717, 1.165) is 23.6 Å². The summed E-state index contributed by atoms with van der Waals surface area (Å²) >= 11 is 0. The average Bonchev–Trinajstić information content (AvgIpc) is 2.84. The Hall–Kier alpha value is -2.55. The van der Waals surface area contributed by atoms with Crippen LogP contribution in [0.15, 0.2) is 48.5 Å². The summed E-state index contributed by atoms with van der Waals surface area (Å²) < 4.78 is 2.02. The second-order valence-corrected chi connectivity index (χ2v) is 6.05. The van der Waals surface area contributed by atoms with E-state index in [1.165, 1.54) is 22.4 Å². The molecule has 0 aliphatic carbocycles. The van der Waals surface area contributed by atoms with E-state index < -0.39 is 0 Å². The predicted molar refractivity (Wildman–Crippen MR) is 96.3 cm³/mol. The highest BCUT2D eigenvalue weighted by Gasteiger charge is 2.12. The first-order valence-corrected chi connectivity index (χ1v) is 7.98. The molecule has 1 heterocycles. The van der Waals surface area contributed by atoms with Gasteiger partial charge < -0.3 is 5.32 Å². The normalized spacial score (nSPS) is 10.8. The molecule has 0 bridgehead atoms. The van der Waals surface area contributed by atoms with Crippen LogP contribution in [-0.2, 0) is 6.54 Å². The number of benzene rings is 2. The van der Waals surface area contributed by atoms with Crippen molar-refractivity contribution in [3.63, 3.8) is 0 Å². The highest BCUT2D eigenvalue weighted by atomic mass is 15.3. The third-order valence-electron chi connectivity index (χ3n) is 4.42. The van der Waals surface area contributed by atoms with Crippen molar-refractivity contribution in [3.05, 3.63) is 76.6 Å². The van der Waals surface area contributed by atoms with Crippen molar-refractivity contribution < 1.29 is 0 Å². The lowest BCUT2D eigenvalue weighted by Gasteiger charge is -2.10. The molecule has 0 radical (unpaired) electrons. The molecular formula is C20H23N3. The number of aromatic nitrogens is 2. The largest absolute Gasteiger partial charge is 0.381 e. The molecule has 0 saturated heterocycles. The molecule has 2 aromatic carbocycles. The van der Waals surface area contributed by atoms with E-state index in [0.29, 0.717) is 0 Å². The summed E-state index contributed by atoms with van der Waals surface area (Å²) in [5.41, 5.74) is 8.40. The third-order valence-corrected chi connectivity index (χ3v) is 4.42. The van der Waals surface area contributed by atoms with Crippen LogP contribution in [0.3, 0.4) is 0 Å². The van der Waals surface area contributed by atoms with E-state index >= 15 is 0 Å². The van der Waals surface area contributed by atoms with Crippen molar-refractivity contribution in [1.82, 2.24) is 9.78 Å². The number of para-hydroxylation sites is 1. The van der Waals surface area contributed by atoms with Gasteiger partial charge in [0.2, 0.25) is 0 Å². The van der Waals surface area contributed by atoms with E-state index in [1.807, 2.05) is 22.9 Å². The molecule has 0 aliphatic rings. The molecule has 0 spiro atoms. The molecule has 3 nitrogen and oxygen atoms in total. The average molecular weight is 305 g/mol. The number of hydrogen-bond acceptors (Lipinski definition) is 2. The van der Waals surface area contributed by atoms with Gasteiger partial charge in [-0.1, -0.05) is 24.3 Å². The highest BCUT2D eigenvalue weighted by Crippen LogP contribution is 2.20. The fourth-order valence-corrected chi connectivity index (χ4v) is 2.79. The monoisotopic (exact) mass is 305 g/mol. The minimum Gasteiger partial charge on any atom is -0.381 e. The summed E-state index contributed by atoms with van der Waals surface area (Å²) in [7, 11) is 0. The van der Waals surface area contributed by atoms with Crippen LogP contribution < -0.4 is 5.32 Å². The van der Waals surface area contributed by atoms with Gasteiger partial charge in [-0.05, 0) is 63.1 Å². The second-order valence-electron chi connectivity index (χ2n) is 6.05. The molecule has 0 atom stereocenters. The van der Waals surface area contributed by atoms with Gasteiger partial charge in [-0.15, -0.1) is 0 Å². The molecule has 1 N–H and O–H groups in total. The second kappa shape index (κ2) is 6.29. The molecular weight excluding hydrogens is 282 g/mol. The Labute approximate surface area is 138 Å². The lowest BCUT2D eigenvalue weighted by molar-refractivity contribution is 0.833. The molecule has 0 fully saturated rings. The molecule has 0 saturated carbocycles. The van der Waals surface area contributed by atoms with Crippen molar-refractivity contribution in [1.29, 1.82) is 0 Å². The summed E-state index contributed by atoms with van der Waals surface area (Å²) in [5.74, 6) is 0. The topological polar surface area (TPSA) is 29.9 Å². The Morgan fingerprint density at radius 3 is 2.35 bits per heavy atom. The lowest BCUT2D eigenvalue weighted by Crippen LogP contribution is -2.03. The Balaban J connectivity index is 1.83. The van der Waals surface area contributed by atoms with Crippen LogP contribution >= 0.6 is 0 Å². The van der Waals surface area contributed by atoms with Crippen molar-refractivity contribution in [2.24, 2.45) is 0 Å². The van der Waals surface area contributed by atoms with Crippen molar-refractivity contribution >= 4 is 5.69 Å². The molecule has 118 valence electrons. The first-order chi connectivity index (χ1) is 11.1. The van der Waals surface area contributed by atoms with Gasteiger partial charge in [-0.3, -0.25) is 0 Å². The van der Waals surface area contributed by atoms with Crippen LogP contribution in [0.4, 0.5) is 5.69 Å². The summed E-state index contributed by atoms with van der Waals surface area (Å²) in [6.07, 6.45) is 0. The molecule has 1 aromatic heterocycles. The fraction of sp³-hybridized carbons (Fsp3) is 0.250. The van der Waals surface area contributed by atoms with E-state index in [-0.39, 0.29) is 0 Å². The van der Waals surface area contributed by atoms with E-state index in [1.54, 1.807) is 0 Å². The molecule has 3 heteroatoms. The first kappa shape index (κ1) is 15.3. The Kier molecular flexibility index (Phi) is 4.20. The quantitative estimate of drug-likeness (QED) is 0.756. The minimum absolute atomic E-state index is 0.785. The number of nitrogens with one attached hydrogen (secondary N) is 1. The molecule has 3 aromatic rings. The van der Waals surface area contributed by atoms with Crippen molar-refractivity contribution in [2.45, 2.75) is 34.2 Å². The third kappa shape index (κ3) is 3.14. The van der Waals surface area contributed by atoms with Gasteiger partial charge in [0, 0.05) is 23.5 Å². The molecule has 23 heavy (non-hydrogen) atoms. The predicted octanol–water partition coefficient (Wildman–Crippen LogP) is 4.72. The lowest BCUT2D eigenvalue weighted by atomic mass is 10.1. The minimum atomic E-state index is 0.785. The SMILES string of the molecule is Cc1ccc(NCc2c(C)nn(-c3ccccc3)c2C)cc1C. The maximum atomic E-state index is 4.70. The number of nitrogens with zero attached hydrogens (tertiary/aromatic N) is 2. The summed E-state index contributed by atoms with van der Waals surface area (Å²) in [4.78, 5) is 0. The van der Waals surface area contributed by atoms with Crippen LogP contribution in [0.2, 0.25) is 0 Å². The Bertz CT molecular complexity index is 816. The van der Waals surface area contributed by atoms with Gasteiger partial charge in [0.1, 0.15) is 0 Å². The highest BCUT2D eigenvalue weighted by molar-refractivity contribution is 5.49. The van der Waals surface area contributed by atoms with E-state index in [4.69, 9.17) is 5.10 Å². The Morgan fingerprint density at radius 2 is 1.65 bits per heavy atom. The van der Waals surface area contributed by atoms with Gasteiger partial charge in [0.05, 0.1) is 11.4 Å². The van der Waals surface area contributed by atoms with Crippen LogP contribution in [0, 0.1) is 27.7 Å². The van der Waals surface area contributed by atoms with E-state index in [2.05, 4.69) is 63.3 Å². The molecule has 0 unspecified atom stereocenters. The van der Waals surface area contributed by atoms with Gasteiger partial charge in [0.25, 0.3) is 0 Å². The zero-order valence-corrected chi connectivity index (χ0v) is 14.2. The van der Waals surface area contributed by atoms with Crippen LogP contribution in [0.1, 0.15) is 28.1 Å². The standard InChI is InChI=1S/C20H23N3/c1-14-10-11-18(12-15(14)2)21-13-20-16(3)22-23(17(20)4)19-8-6-5-7-9-19/h5-12,21H,13H2,1-4H3. The van der Waals surface area contributed by atoms with Crippen LogP contribution in [-0.4, -0.2) is 9.78 Å². The van der Waals surface area contributed by atoms with Crippen LogP contribution in [0.25, 0.3) is 5.69 Å².